The minimum absolute atomic E-state index is 0.0104. The van der Waals surface area contributed by atoms with Crippen molar-refractivity contribution in [1.29, 1.82) is 0 Å². The number of fused-ring (bicyclic) bond motifs is 1. The first-order valence-corrected chi connectivity index (χ1v) is 6.71. The molecule has 0 spiro atoms. The highest BCUT2D eigenvalue weighted by atomic mass is 16.5. The highest BCUT2D eigenvalue weighted by Gasteiger charge is 2.41. The summed E-state index contributed by atoms with van der Waals surface area (Å²) < 4.78 is 6.11. The molecule has 2 rings (SSSR count). The minimum atomic E-state index is -0.0331. The summed E-state index contributed by atoms with van der Waals surface area (Å²) >= 11 is 0. The Balaban J connectivity index is 2.71. The predicted molar refractivity (Wildman–Crippen MR) is 77.6 cm³/mol. The van der Waals surface area contributed by atoms with Crippen LogP contribution >= 0.6 is 0 Å². The van der Waals surface area contributed by atoms with E-state index in [1.54, 1.807) is 0 Å². The van der Waals surface area contributed by atoms with Gasteiger partial charge in [-0.15, -0.1) is 0 Å². The van der Waals surface area contributed by atoms with Gasteiger partial charge in [-0.3, -0.25) is 0 Å². The van der Waals surface area contributed by atoms with E-state index in [2.05, 4.69) is 52.8 Å². The third-order valence-electron chi connectivity index (χ3n) is 4.13. The van der Waals surface area contributed by atoms with Crippen LogP contribution < -0.4 is 4.74 Å². The Labute approximate surface area is 115 Å². The summed E-state index contributed by atoms with van der Waals surface area (Å²) in [5, 5.41) is 11.9. The van der Waals surface area contributed by atoms with Gasteiger partial charge in [0.2, 0.25) is 0 Å². The zero-order valence-electron chi connectivity index (χ0n) is 12.6. The van der Waals surface area contributed by atoms with Gasteiger partial charge in [0.15, 0.2) is 0 Å². The second-order valence-electron chi connectivity index (χ2n) is 6.92. The van der Waals surface area contributed by atoms with Crippen molar-refractivity contribution < 1.29 is 9.94 Å². The van der Waals surface area contributed by atoms with E-state index in [0.717, 1.165) is 16.9 Å². The molecule has 1 heterocycles. The zero-order chi connectivity index (χ0) is 14.4. The van der Waals surface area contributed by atoms with Gasteiger partial charge in [0.1, 0.15) is 11.9 Å². The third kappa shape index (κ3) is 2.22. The van der Waals surface area contributed by atoms with Gasteiger partial charge in [-0.05, 0) is 30.0 Å². The van der Waals surface area contributed by atoms with E-state index in [9.17, 15) is 0 Å². The molecule has 0 bridgehead atoms. The van der Waals surface area contributed by atoms with Gasteiger partial charge in [-0.2, -0.15) is 0 Å². The van der Waals surface area contributed by atoms with E-state index < -0.39 is 0 Å². The van der Waals surface area contributed by atoms with E-state index in [1.807, 2.05) is 6.07 Å². The van der Waals surface area contributed by atoms with Crippen molar-refractivity contribution >= 4 is 6.21 Å². The van der Waals surface area contributed by atoms with Crippen molar-refractivity contribution in [2.75, 3.05) is 0 Å². The molecule has 1 aromatic rings. The number of oxime groups is 1. The monoisotopic (exact) mass is 261 g/mol. The Kier molecular flexibility index (Phi) is 3.12. The van der Waals surface area contributed by atoms with Crippen LogP contribution in [0.1, 0.15) is 58.2 Å². The topological polar surface area (TPSA) is 41.8 Å². The maximum absolute atomic E-state index is 8.78. The van der Waals surface area contributed by atoms with Gasteiger partial charge in [-0.1, -0.05) is 39.8 Å². The smallest absolute Gasteiger partial charge is 0.127 e. The molecule has 1 atom stereocenters. The van der Waals surface area contributed by atoms with Crippen LogP contribution in [0.15, 0.2) is 17.3 Å². The maximum Gasteiger partial charge on any atom is 0.127 e. The van der Waals surface area contributed by atoms with Gasteiger partial charge < -0.3 is 9.94 Å². The molecular formula is C16H23NO2. The highest BCUT2D eigenvalue weighted by molar-refractivity contribution is 5.81. The number of hydrogen-bond acceptors (Lipinski definition) is 3. The molecule has 104 valence electrons. The van der Waals surface area contributed by atoms with Gasteiger partial charge in [0.05, 0.1) is 6.21 Å². The number of ether oxygens (including phenoxy) is 1. The third-order valence-corrected chi connectivity index (χ3v) is 4.13. The summed E-state index contributed by atoms with van der Waals surface area (Å²) in [6.07, 6.45) is 1.62. The molecule has 0 aliphatic carbocycles. The van der Waals surface area contributed by atoms with Crippen LogP contribution in [0.3, 0.4) is 0 Å². The summed E-state index contributed by atoms with van der Waals surface area (Å²) in [6.45, 7) is 13.0. The standard InChI is InChI=1S/C16H23NO2/c1-10-16(5,6)13-8-11(9-17-18)7-12(14(13)19-10)15(2,3)4/h7-10,18H,1-6H3/b17-9+. The molecule has 1 aromatic carbocycles. The van der Waals surface area contributed by atoms with Crippen LogP contribution in [0, 0.1) is 0 Å². The number of benzene rings is 1. The number of hydrogen-bond donors (Lipinski definition) is 1. The molecule has 1 aliphatic heterocycles. The van der Waals surface area contributed by atoms with Crippen LogP contribution in [0.5, 0.6) is 5.75 Å². The van der Waals surface area contributed by atoms with Crippen molar-refractivity contribution in [3.8, 4) is 5.75 Å². The second-order valence-corrected chi connectivity index (χ2v) is 6.92. The zero-order valence-corrected chi connectivity index (χ0v) is 12.6. The van der Waals surface area contributed by atoms with Crippen LogP contribution in [-0.4, -0.2) is 17.5 Å². The van der Waals surface area contributed by atoms with E-state index in [1.165, 1.54) is 11.8 Å². The quantitative estimate of drug-likeness (QED) is 0.474. The summed E-state index contributed by atoms with van der Waals surface area (Å²) in [7, 11) is 0. The van der Waals surface area contributed by atoms with E-state index in [4.69, 9.17) is 9.94 Å². The van der Waals surface area contributed by atoms with Crippen molar-refractivity contribution in [1.82, 2.24) is 0 Å². The SMILES string of the molecule is CC1Oc2c(C(C)(C)C)cc(/C=N/O)cc2C1(C)C. The normalized spacial score (nSPS) is 21.5. The molecule has 0 saturated heterocycles. The van der Waals surface area contributed by atoms with Gasteiger partial charge in [0.25, 0.3) is 0 Å². The Morgan fingerprint density at radius 1 is 1.32 bits per heavy atom. The fraction of sp³-hybridized carbons (Fsp3) is 0.562. The van der Waals surface area contributed by atoms with E-state index in [0.29, 0.717) is 0 Å². The molecule has 0 radical (unpaired) electrons. The fourth-order valence-corrected chi connectivity index (χ4v) is 2.50. The predicted octanol–water partition coefficient (Wildman–Crippen LogP) is 3.85. The fourth-order valence-electron chi connectivity index (χ4n) is 2.50. The molecule has 1 N–H and O–H groups in total. The average Bonchev–Trinajstić information content (AvgIpc) is 2.50. The summed E-state index contributed by atoms with van der Waals surface area (Å²) in [6, 6.07) is 4.11. The molecule has 1 unspecified atom stereocenters. The number of nitrogens with zero attached hydrogens (tertiary/aromatic N) is 1. The summed E-state index contributed by atoms with van der Waals surface area (Å²) in [5.74, 6) is 1.00. The molecule has 0 fully saturated rings. The van der Waals surface area contributed by atoms with E-state index >= 15 is 0 Å². The summed E-state index contributed by atoms with van der Waals surface area (Å²) in [4.78, 5) is 0. The molecule has 0 amide bonds. The first-order chi connectivity index (χ1) is 8.67. The molecular weight excluding hydrogens is 238 g/mol. The van der Waals surface area contributed by atoms with E-state index in [-0.39, 0.29) is 16.9 Å². The minimum Gasteiger partial charge on any atom is -0.489 e. The largest absolute Gasteiger partial charge is 0.489 e. The average molecular weight is 261 g/mol. The van der Waals surface area contributed by atoms with Crippen LogP contribution in [0.2, 0.25) is 0 Å². The first kappa shape index (κ1) is 13.9. The lowest BCUT2D eigenvalue weighted by atomic mass is 9.77. The van der Waals surface area contributed by atoms with Gasteiger partial charge in [0, 0.05) is 16.5 Å². The second kappa shape index (κ2) is 4.26. The molecule has 1 aliphatic rings. The Morgan fingerprint density at radius 3 is 2.47 bits per heavy atom. The Hall–Kier alpha value is -1.51. The summed E-state index contributed by atoms with van der Waals surface area (Å²) in [5.41, 5.74) is 3.23. The molecule has 3 nitrogen and oxygen atoms in total. The molecule has 19 heavy (non-hydrogen) atoms. The maximum atomic E-state index is 8.78. The van der Waals surface area contributed by atoms with Crippen molar-refractivity contribution in [2.24, 2.45) is 5.16 Å². The molecule has 0 saturated carbocycles. The lowest BCUT2D eigenvalue weighted by Crippen LogP contribution is -2.28. The van der Waals surface area contributed by atoms with Gasteiger partial charge in [-0.25, -0.2) is 0 Å². The highest BCUT2D eigenvalue weighted by Crippen LogP contribution is 2.47. The lowest BCUT2D eigenvalue weighted by molar-refractivity contribution is 0.183. The Bertz CT molecular complexity index is 524. The Morgan fingerprint density at radius 2 is 1.95 bits per heavy atom. The molecule has 3 heteroatoms. The van der Waals surface area contributed by atoms with Crippen molar-refractivity contribution in [3.63, 3.8) is 0 Å². The lowest BCUT2D eigenvalue weighted by Gasteiger charge is -2.23. The first-order valence-electron chi connectivity index (χ1n) is 6.71. The van der Waals surface area contributed by atoms with Crippen molar-refractivity contribution in [2.45, 2.75) is 58.5 Å². The van der Waals surface area contributed by atoms with Crippen LogP contribution in [0.4, 0.5) is 0 Å². The number of rotatable bonds is 1. The van der Waals surface area contributed by atoms with Crippen LogP contribution in [0.25, 0.3) is 0 Å². The van der Waals surface area contributed by atoms with Gasteiger partial charge >= 0.3 is 0 Å². The van der Waals surface area contributed by atoms with Crippen LogP contribution in [-0.2, 0) is 10.8 Å². The van der Waals surface area contributed by atoms with Crippen molar-refractivity contribution in [3.05, 3.63) is 28.8 Å². The molecule has 0 aromatic heterocycles.